The molecule has 3 nitrogen and oxygen atoms in total. The van der Waals surface area contributed by atoms with Gasteiger partial charge in [0.15, 0.2) is 0 Å². The average molecular weight is 274 g/mol. The summed E-state index contributed by atoms with van der Waals surface area (Å²) in [6.45, 7) is 9.47. The number of hydrogen-bond acceptors (Lipinski definition) is 2. The van der Waals surface area contributed by atoms with E-state index < -0.39 is 0 Å². The van der Waals surface area contributed by atoms with Crippen LogP contribution >= 0.6 is 0 Å². The van der Waals surface area contributed by atoms with Crippen molar-refractivity contribution in [3.05, 3.63) is 30.5 Å². The molecule has 20 heavy (non-hydrogen) atoms. The van der Waals surface area contributed by atoms with Gasteiger partial charge in [0.1, 0.15) is 5.75 Å². The zero-order valence-corrected chi connectivity index (χ0v) is 12.9. The lowest BCUT2D eigenvalue weighted by Crippen LogP contribution is -2.20. The highest BCUT2D eigenvalue weighted by atomic mass is 16.5. The molecule has 0 atom stereocenters. The maximum Gasteiger partial charge on any atom is 0.120 e. The van der Waals surface area contributed by atoms with Crippen molar-refractivity contribution in [3.8, 4) is 5.75 Å². The fourth-order valence-electron chi connectivity index (χ4n) is 2.34. The standard InChI is InChI=1S/C17H26N2O/c1-4-5-9-18-10-12-19-11-8-15-13-16(20-14(2)3)6-7-17(15)19/h6-8,11,13-14,18H,4-5,9-10,12H2,1-3H3. The summed E-state index contributed by atoms with van der Waals surface area (Å²) < 4.78 is 8.03. The molecule has 110 valence electrons. The molecule has 0 aliphatic rings. The fraction of sp³-hybridized carbons (Fsp3) is 0.529. The first kappa shape index (κ1) is 14.9. The van der Waals surface area contributed by atoms with Gasteiger partial charge in [0, 0.05) is 30.2 Å². The molecule has 3 heteroatoms. The van der Waals surface area contributed by atoms with Gasteiger partial charge >= 0.3 is 0 Å². The molecule has 0 spiro atoms. The molecule has 2 aromatic rings. The van der Waals surface area contributed by atoms with Crippen LogP contribution in [0, 0.1) is 0 Å². The van der Waals surface area contributed by atoms with Crippen LogP contribution in [-0.2, 0) is 6.54 Å². The van der Waals surface area contributed by atoms with Gasteiger partial charge in [-0.1, -0.05) is 13.3 Å². The minimum absolute atomic E-state index is 0.220. The van der Waals surface area contributed by atoms with E-state index in [1.165, 1.54) is 23.7 Å². The van der Waals surface area contributed by atoms with Crippen LogP contribution in [0.5, 0.6) is 5.75 Å². The minimum atomic E-state index is 0.220. The number of ether oxygens (including phenoxy) is 1. The molecule has 0 aliphatic carbocycles. The lowest BCUT2D eigenvalue weighted by atomic mass is 10.2. The highest BCUT2D eigenvalue weighted by molar-refractivity contribution is 5.81. The van der Waals surface area contributed by atoms with Crippen LogP contribution in [0.15, 0.2) is 30.5 Å². The second-order valence-corrected chi connectivity index (χ2v) is 5.50. The van der Waals surface area contributed by atoms with E-state index in [-0.39, 0.29) is 6.10 Å². The van der Waals surface area contributed by atoms with Crippen molar-refractivity contribution >= 4 is 10.9 Å². The Kier molecular flexibility index (Phi) is 5.48. The van der Waals surface area contributed by atoms with Crippen LogP contribution in [0.25, 0.3) is 10.9 Å². The van der Waals surface area contributed by atoms with Crippen molar-refractivity contribution < 1.29 is 4.74 Å². The van der Waals surface area contributed by atoms with Gasteiger partial charge in [-0.15, -0.1) is 0 Å². The molecule has 2 rings (SSSR count). The Morgan fingerprint density at radius 1 is 1.20 bits per heavy atom. The highest BCUT2D eigenvalue weighted by Gasteiger charge is 2.04. The first-order chi connectivity index (χ1) is 9.70. The third-order valence-electron chi connectivity index (χ3n) is 3.35. The number of unbranched alkanes of at least 4 members (excludes halogenated alkanes) is 1. The zero-order valence-electron chi connectivity index (χ0n) is 12.9. The summed E-state index contributed by atoms with van der Waals surface area (Å²) in [5.74, 6) is 0.950. The Hall–Kier alpha value is -1.48. The summed E-state index contributed by atoms with van der Waals surface area (Å²) in [6.07, 6.45) is 4.88. The number of nitrogens with one attached hydrogen (secondary N) is 1. The molecule has 0 aliphatic heterocycles. The molecule has 0 saturated carbocycles. The number of benzene rings is 1. The summed E-state index contributed by atoms with van der Waals surface area (Å²) >= 11 is 0. The molecule has 0 fully saturated rings. The largest absolute Gasteiger partial charge is 0.491 e. The van der Waals surface area contributed by atoms with Crippen LogP contribution < -0.4 is 10.1 Å². The smallest absolute Gasteiger partial charge is 0.120 e. The maximum absolute atomic E-state index is 5.74. The Morgan fingerprint density at radius 2 is 2.05 bits per heavy atom. The molecule has 1 aromatic heterocycles. The predicted octanol–water partition coefficient (Wildman–Crippen LogP) is 3.82. The predicted molar refractivity (Wildman–Crippen MR) is 85.5 cm³/mol. The molecule has 0 bridgehead atoms. The maximum atomic E-state index is 5.74. The molecule has 0 unspecified atom stereocenters. The van der Waals surface area contributed by atoms with Crippen LogP contribution in [0.2, 0.25) is 0 Å². The lowest BCUT2D eigenvalue weighted by Gasteiger charge is -2.10. The van der Waals surface area contributed by atoms with E-state index in [4.69, 9.17) is 4.74 Å². The van der Waals surface area contributed by atoms with Gasteiger partial charge in [-0.2, -0.15) is 0 Å². The van der Waals surface area contributed by atoms with Gasteiger partial charge in [0.25, 0.3) is 0 Å². The van der Waals surface area contributed by atoms with E-state index >= 15 is 0 Å². The molecule has 1 aromatic carbocycles. The highest BCUT2D eigenvalue weighted by Crippen LogP contribution is 2.22. The average Bonchev–Trinajstić information content (AvgIpc) is 2.80. The fourth-order valence-corrected chi connectivity index (χ4v) is 2.34. The quantitative estimate of drug-likeness (QED) is 0.741. The number of nitrogens with zero attached hydrogens (tertiary/aromatic N) is 1. The SMILES string of the molecule is CCCCNCCn1ccc2cc(OC(C)C)ccc21. The third-order valence-corrected chi connectivity index (χ3v) is 3.35. The summed E-state index contributed by atoms with van der Waals surface area (Å²) in [6, 6.07) is 8.49. The summed E-state index contributed by atoms with van der Waals surface area (Å²) in [5.41, 5.74) is 1.28. The van der Waals surface area contributed by atoms with Crippen molar-refractivity contribution in [1.29, 1.82) is 0 Å². The monoisotopic (exact) mass is 274 g/mol. The molecular weight excluding hydrogens is 248 g/mol. The summed E-state index contributed by atoms with van der Waals surface area (Å²) in [4.78, 5) is 0. The van der Waals surface area contributed by atoms with Gasteiger partial charge < -0.3 is 14.6 Å². The van der Waals surface area contributed by atoms with E-state index in [2.05, 4.69) is 61.1 Å². The molecule has 0 amide bonds. The Labute approximate surface area is 121 Å². The van der Waals surface area contributed by atoms with Gasteiger partial charge in [0.05, 0.1) is 6.10 Å². The first-order valence-corrected chi connectivity index (χ1v) is 7.67. The van der Waals surface area contributed by atoms with Crippen molar-refractivity contribution in [2.45, 2.75) is 46.3 Å². The van der Waals surface area contributed by atoms with E-state index in [1.54, 1.807) is 0 Å². The summed E-state index contributed by atoms with van der Waals surface area (Å²) in [5, 5.41) is 4.73. The van der Waals surface area contributed by atoms with E-state index in [9.17, 15) is 0 Å². The topological polar surface area (TPSA) is 26.2 Å². The number of aromatic nitrogens is 1. The van der Waals surface area contributed by atoms with Gasteiger partial charge in [-0.25, -0.2) is 0 Å². The number of rotatable bonds is 8. The van der Waals surface area contributed by atoms with Crippen molar-refractivity contribution in [1.82, 2.24) is 9.88 Å². The van der Waals surface area contributed by atoms with Crippen LogP contribution in [-0.4, -0.2) is 23.8 Å². The third kappa shape index (κ3) is 4.01. The van der Waals surface area contributed by atoms with Crippen molar-refractivity contribution in [2.24, 2.45) is 0 Å². The van der Waals surface area contributed by atoms with Crippen molar-refractivity contribution in [3.63, 3.8) is 0 Å². The van der Waals surface area contributed by atoms with E-state index in [0.29, 0.717) is 0 Å². The van der Waals surface area contributed by atoms with Gasteiger partial charge in [0.2, 0.25) is 0 Å². The molecule has 0 saturated heterocycles. The second kappa shape index (κ2) is 7.34. The van der Waals surface area contributed by atoms with Crippen LogP contribution in [0.3, 0.4) is 0 Å². The van der Waals surface area contributed by atoms with E-state index in [1.807, 2.05) is 0 Å². The number of hydrogen-bond donors (Lipinski definition) is 1. The normalized spacial score (nSPS) is 11.4. The molecule has 1 N–H and O–H groups in total. The second-order valence-electron chi connectivity index (χ2n) is 5.50. The zero-order chi connectivity index (χ0) is 14.4. The van der Waals surface area contributed by atoms with Gasteiger partial charge in [-0.05, 0) is 51.1 Å². The molecule has 1 heterocycles. The Bertz CT molecular complexity index is 531. The molecule has 0 radical (unpaired) electrons. The Balaban J connectivity index is 1.97. The van der Waals surface area contributed by atoms with Crippen LogP contribution in [0.1, 0.15) is 33.6 Å². The van der Waals surface area contributed by atoms with Crippen molar-refractivity contribution in [2.75, 3.05) is 13.1 Å². The minimum Gasteiger partial charge on any atom is -0.491 e. The van der Waals surface area contributed by atoms with Crippen LogP contribution in [0.4, 0.5) is 0 Å². The number of fused-ring (bicyclic) bond motifs is 1. The molecular formula is C17H26N2O. The summed E-state index contributed by atoms with van der Waals surface area (Å²) in [7, 11) is 0. The first-order valence-electron chi connectivity index (χ1n) is 7.67. The van der Waals surface area contributed by atoms with Gasteiger partial charge in [-0.3, -0.25) is 0 Å². The van der Waals surface area contributed by atoms with E-state index in [0.717, 1.165) is 25.4 Å². The Morgan fingerprint density at radius 3 is 2.80 bits per heavy atom. The lowest BCUT2D eigenvalue weighted by molar-refractivity contribution is 0.243.